The third-order valence-corrected chi connectivity index (χ3v) is 4.73. The number of piperidine rings is 1. The van der Waals surface area contributed by atoms with Crippen LogP contribution in [0, 0.1) is 0 Å². The van der Waals surface area contributed by atoms with Crippen LogP contribution >= 0.6 is 11.5 Å². The molecule has 2 amide bonds. The summed E-state index contributed by atoms with van der Waals surface area (Å²) in [4.78, 5) is 16.6. The molecule has 3 rings (SSSR count). The molecule has 7 heteroatoms. The van der Waals surface area contributed by atoms with E-state index in [-0.39, 0.29) is 6.03 Å². The summed E-state index contributed by atoms with van der Waals surface area (Å²) in [5, 5.41) is 5.30. The number of aromatic nitrogens is 2. The molecule has 23 heavy (non-hydrogen) atoms. The number of hydrazine groups is 1. The van der Waals surface area contributed by atoms with Gasteiger partial charge in [0.2, 0.25) is 5.13 Å². The summed E-state index contributed by atoms with van der Waals surface area (Å²) in [6.07, 6.45) is 3.40. The lowest BCUT2D eigenvalue weighted by Crippen LogP contribution is -2.55. The molecule has 1 aromatic heterocycles. The molecule has 0 saturated carbocycles. The van der Waals surface area contributed by atoms with Gasteiger partial charge in [0.05, 0.1) is 0 Å². The average molecular weight is 331 g/mol. The number of benzene rings is 1. The third-order valence-electron chi connectivity index (χ3n) is 4.10. The molecule has 2 aromatic rings. The number of carbonyl (C=O) groups excluding carboxylic acids is 1. The van der Waals surface area contributed by atoms with Crippen molar-refractivity contribution in [2.24, 2.45) is 0 Å². The zero-order valence-electron chi connectivity index (χ0n) is 13.3. The van der Waals surface area contributed by atoms with Crippen molar-refractivity contribution in [3.05, 3.63) is 30.3 Å². The maximum absolute atomic E-state index is 12.2. The van der Waals surface area contributed by atoms with Gasteiger partial charge >= 0.3 is 6.03 Å². The Morgan fingerprint density at radius 1 is 1.22 bits per heavy atom. The molecule has 6 nitrogen and oxygen atoms in total. The van der Waals surface area contributed by atoms with Crippen LogP contribution in [0.1, 0.15) is 33.1 Å². The Morgan fingerprint density at radius 2 is 1.91 bits per heavy atom. The van der Waals surface area contributed by atoms with Crippen molar-refractivity contribution in [1.29, 1.82) is 0 Å². The first kappa shape index (κ1) is 15.9. The fourth-order valence-electron chi connectivity index (χ4n) is 2.86. The summed E-state index contributed by atoms with van der Waals surface area (Å²) in [5.74, 6) is 0.630. The van der Waals surface area contributed by atoms with Crippen LogP contribution < -0.4 is 10.7 Å². The maximum Gasteiger partial charge on any atom is 0.335 e. The Morgan fingerprint density at radius 3 is 2.61 bits per heavy atom. The standard InChI is InChI=1S/C16H21N5OS/c1-11-7-6-8-12(2)21(11)19-15(22)18-16-17-14(20-23-16)13-9-4-3-5-10-13/h3-5,9-12H,6-8H2,1-2H3,(H2,17,18,19,20,22). The molecule has 2 unspecified atom stereocenters. The van der Waals surface area contributed by atoms with Crippen molar-refractivity contribution in [3.8, 4) is 11.4 Å². The smallest absolute Gasteiger partial charge is 0.281 e. The molecule has 1 aromatic carbocycles. The van der Waals surface area contributed by atoms with E-state index in [1.807, 2.05) is 35.3 Å². The first-order chi connectivity index (χ1) is 11.1. The van der Waals surface area contributed by atoms with E-state index >= 15 is 0 Å². The van der Waals surface area contributed by atoms with Gasteiger partial charge in [-0.25, -0.2) is 9.80 Å². The highest BCUT2D eigenvalue weighted by atomic mass is 32.1. The van der Waals surface area contributed by atoms with Gasteiger partial charge in [0.15, 0.2) is 5.82 Å². The highest BCUT2D eigenvalue weighted by molar-refractivity contribution is 7.10. The van der Waals surface area contributed by atoms with Crippen molar-refractivity contribution in [1.82, 2.24) is 19.8 Å². The number of amides is 2. The number of rotatable bonds is 3. The molecule has 2 atom stereocenters. The van der Waals surface area contributed by atoms with Crippen molar-refractivity contribution in [2.45, 2.75) is 45.2 Å². The van der Waals surface area contributed by atoms with Crippen LogP contribution in [0.5, 0.6) is 0 Å². The molecular formula is C16H21N5OS. The Hall–Kier alpha value is -1.99. The molecule has 2 heterocycles. The average Bonchev–Trinajstić information content (AvgIpc) is 3.00. The van der Waals surface area contributed by atoms with Crippen LogP contribution in [-0.2, 0) is 0 Å². The van der Waals surface area contributed by atoms with E-state index in [1.54, 1.807) is 0 Å². The molecule has 2 N–H and O–H groups in total. The minimum atomic E-state index is -0.263. The predicted molar refractivity (Wildman–Crippen MR) is 92.1 cm³/mol. The molecule has 1 aliphatic rings. The minimum Gasteiger partial charge on any atom is -0.281 e. The Balaban J connectivity index is 1.61. The van der Waals surface area contributed by atoms with Gasteiger partial charge in [-0.05, 0) is 26.7 Å². The van der Waals surface area contributed by atoms with Gasteiger partial charge in [0, 0.05) is 29.2 Å². The van der Waals surface area contributed by atoms with Gasteiger partial charge in [-0.2, -0.15) is 9.36 Å². The number of carbonyl (C=O) groups is 1. The van der Waals surface area contributed by atoms with E-state index in [0.717, 1.165) is 18.4 Å². The lowest BCUT2D eigenvalue weighted by molar-refractivity contribution is 0.0625. The number of anilines is 1. The van der Waals surface area contributed by atoms with Crippen molar-refractivity contribution in [3.63, 3.8) is 0 Å². The first-order valence-corrected chi connectivity index (χ1v) is 8.66. The van der Waals surface area contributed by atoms with Gasteiger partial charge < -0.3 is 0 Å². The number of urea groups is 1. The summed E-state index contributed by atoms with van der Waals surface area (Å²) in [6.45, 7) is 4.27. The molecule has 1 fully saturated rings. The van der Waals surface area contributed by atoms with E-state index in [1.165, 1.54) is 18.0 Å². The number of hydrogen-bond donors (Lipinski definition) is 2. The lowest BCUT2D eigenvalue weighted by atomic mass is 10.00. The van der Waals surface area contributed by atoms with Crippen molar-refractivity contribution >= 4 is 22.7 Å². The lowest BCUT2D eigenvalue weighted by Gasteiger charge is -2.38. The molecule has 0 radical (unpaired) electrons. The van der Waals surface area contributed by atoms with E-state index in [2.05, 4.69) is 33.9 Å². The molecular weight excluding hydrogens is 310 g/mol. The second-order valence-electron chi connectivity index (χ2n) is 5.89. The normalized spacial score (nSPS) is 21.8. The summed E-state index contributed by atoms with van der Waals surface area (Å²) < 4.78 is 4.29. The fourth-order valence-corrected chi connectivity index (χ4v) is 3.45. The quantitative estimate of drug-likeness (QED) is 0.903. The van der Waals surface area contributed by atoms with Crippen molar-refractivity contribution in [2.75, 3.05) is 5.32 Å². The topological polar surface area (TPSA) is 70.2 Å². The van der Waals surface area contributed by atoms with Crippen LogP contribution in [-0.4, -0.2) is 32.5 Å². The number of nitrogens with zero attached hydrogens (tertiary/aromatic N) is 3. The molecule has 1 saturated heterocycles. The monoisotopic (exact) mass is 331 g/mol. The van der Waals surface area contributed by atoms with Crippen LogP contribution in [0.15, 0.2) is 30.3 Å². The molecule has 0 bridgehead atoms. The van der Waals surface area contributed by atoms with E-state index < -0.39 is 0 Å². The molecule has 122 valence electrons. The largest absolute Gasteiger partial charge is 0.335 e. The first-order valence-electron chi connectivity index (χ1n) is 7.88. The van der Waals surface area contributed by atoms with E-state index in [0.29, 0.717) is 23.0 Å². The Bertz CT molecular complexity index is 650. The highest BCUT2D eigenvalue weighted by Crippen LogP contribution is 2.22. The third kappa shape index (κ3) is 3.86. The van der Waals surface area contributed by atoms with E-state index in [4.69, 9.17) is 0 Å². The Labute approximate surface area is 140 Å². The summed E-state index contributed by atoms with van der Waals surface area (Å²) in [6, 6.07) is 10.2. The van der Waals surface area contributed by atoms with E-state index in [9.17, 15) is 4.79 Å². The van der Waals surface area contributed by atoms with Crippen molar-refractivity contribution < 1.29 is 4.79 Å². The molecule has 1 aliphatic heterocycles. The second-order valence-corrected chi connectivity index (χ2v) is 6.64. The van der Waals surface area contributed by atoms with Gasteiger partial charge in [-0.1, -0.05) is 36.8 Å². The highest BCUT2D eigenvalue weighted by Gasteiger charge is 2.26. The van der Waals surface area contributed by atoms with Gasteiger partial charge in [0.25, 0.3) is 0 Å². The predicted octanol–water partition coefficient (Wildman–Crippen LogP) is 3.50. The molecule has 0 spiro atoms. The van der Waals surface area contributed by atoms with Crippen LogP contribution in [0.3, 0.4) is 0 Å². The summed E-state index contributed by atoms with van der Waals surface area (Å²) in [5.41, 5.74) is 3.88. The van der Waals surface area contributed by atoms with Crippen LogP contribution in [0.25, 0.3) is 11.4 Å². The second kappa shape index (κ2) is 7.06. The number of hydrogen-bond acceptors (Lipinski definition) is 5. The zero-order chi connectivity index (χ0) is 16.2. The van der Waals surface area contributed by atoms with Crippen LogP contribution in [0.2, 0.25) is 0 Å². The van der Waals surface area contributed by atoms with Gasteiger partial charge in [0.1, 0.15) is 0 Å². The van der Waals surface area contributed by atoms with Gasteiger partial charge in [-0.3, -0.25) is 10.7 Å². The van der Waals surface area contributed by atoms with Gasteiger partial charge in [-0.15, -0.1) is 0 Å². The molecule has 0 aliphatic carbocycles. The minimum absolute atomic E-state index is 0.263. The number of nitrogens with one attached hydrogen (secondary N) is 2. The SMILES string of the molecule is CC1CCCC(C)N1NC(=O)Nc1nc(-c2ccccc2)ns1. The summed E-state index contributed by atoms with van der Waals surface area (Å²) >= 11 is 1.18. The Kier molecular flexibility index (Phi) is 4.88. The fraction of sp³-hybridized carbons (Fsp3) is 0.438. The maximum atomic E-state index is 12.2. The summed E-state index contributed by atoms with van der Waals surface area (Å²) in [7, 11) is 0. The van der Waals surface area contributed by atoms with Crippen LogP contribution in [0.4, 0.5) is 9.93 Å². The zero-order valence-corrected chi connectivity index (χ0v) is 14.1.